The van der Waals surface area contributed by atoms with Crippen LogP contribution in [-0.4, -0.2) is 5.16 Å². The first-order valence-electron chi connectivity index (χ1n) is 6.03. The molecule has 2 aromatic carbocycles. The topological polar surface area (TPSA) is 52.0 Å². The third-order valence-corrected chi connectivity index (χ3v) is 4.45. The van der Waals surface area contributed by atoms with E-state index in [1.54, 1.807) is 12.1 Å². The number of nitrogens with two attached hydrogens (primary N) is 1. The summed E-state index contributed by atoms with van der Waals surface area (Å²) >= 11 is 12.9. The second-order valence-corrected chi connectivity index (χ2v) is 6.61. The van der Waals surface area contributed by atoms with E-state index in [0.29, 0.717) is 16.6 Å². The lowest BCUT2D eigenvalue weighted by atomic mass is 10.0. The van der Waals surface area contributed by atoms with Gasteiger partial charge in [-0.3, -0.25) is 0 Å². The summed E-state index contributed by atoms with van der Waals surface area (Å²) in [5, 5.41) is 4.53. The SMILES string of the molecule is Nc1noc(-c2ccc(Cl)cc2Br)c1-c1ccc(Br)cc1. The summed E-state index contributed by atoms with van der Waals surface area (Å²) in [6.45, 7) is 0. The van der Waals surface area contributed by atoms with E-state index in [1.807, 2.05) is 30.3 Å². The van der Waals surface area contributed by atoms with Crippen LogP contribution >= 0.6 is 43.5 Å². The number of benzene rings is 2. The smallest absolute Gasteiger partial charge is 0.178 e. The lowest BCUT2D eigenvalue weighted by Crippen LogP contribution is -1.89. The van der Waals surface area contributed by atoms with Crippen molar-refractivity contribution in [2.75, 3.05) is 5.73 Å². The first kappa shape index (κ1) is 14.6. The molecule has 0 fully saturated rings. The van der Waals surface area contributed by atoms with E-state index in [2.05, 4.69) is 37.0 Å². The molecule has 3 nitrogen and oxygen atoms in total. The molecule has 0 aliphatic rings. The Hall–Kier alpha value is -1.30. The Balaban J connectivity index is 2.19. The highest BCUT2D eigenvalue weighted by molar-refractivity contribution is 9.10. The first-order valence-corrected chi connectivity index (χ1v) is 7.99. The van der Waals surface area contributed by atoms with Gasteiger partial charge < -0.3 is 10.3 Å². The van der Waals surface area contributed by atoms with Crippen LogP contribution < -0.4 is 5.73 Å². The summed E-state index contributed by atoms with van der Waals surface area (Å²) < 4.78 is 7.25. The minimum atomic E-state index is 0.356. The maximum absolute atomic E-state index is 5.98. The molecule has 21 heavy (non-hydrogen) atoms. The summed E-state index contributed by atoms with van der Waals surface area (Å²) in [6.07, 6.45) is 0. The lowest BCUT2D eigenvalue weighted by Gasteiger charge is -2.05. The molecule has 0 saturated heterocycles. The molecular weight excluding hydrogens is 419 g/mol. The number of aromatic nitrogens is 1. The Morgan fingerprint density at radius 3 is 2.43 bits per heavy atom. The zero-order chi connectivity index (χ0) is 15.0. The van der Waals surface area contributed by atoms with Gasteiger partial charge in [0.15, 0.2) is 11.6 Å². The Labute approximate surface area is 143 Å². The standard InChI is InChI=1S/C15H9Br2ClN2O/c16-9-3-1-8(2-4-9)13-14(21-20-15(13)19)11-6-5-10(18)7-12(11)17/h1-7H,(H2,19,20). The van der Waals surface area contributed by atoms with Gasteiger partial charge in [0, 0.05) is 19.5 Å². The van der Waals surface area contributed by atoms with Crippen LogP contribution in [-0.2, 0) is 0 Å². The highest BCUT2D eigenvalue weighted by Crippen LogP contribution is 2.40. The van der Waals surface area contributed by atoms with Crippen LogP contribution in [0.25, 0.3) is 22.5 Å². The molecule has 0 bridgehead atoms. The Bertz CT molecular complexity index is 800. The van der Waals surface area contributed by atoms with Crippen LogP contribution in [0.2, 0.25) is 5.02 Å². The maximum Gasteiger partial charge on any atom is 0.178 e. The second-order valence-electron chi connectivity index (χ2n) is 4.40. The molecule has 0 saturated carbocycles. The number of halogens is 3. The van der Waals surface area contributed by atoms with Gasteiger partial charge in [-0.15, -0.1) is 0 Å². The average molecular weight is 429 g/mol. The van der Waals surface area contributed by atoms with E-state index in [0.717, 1.165) is 25.6 Å². The molecule has 106 valence electrons. The molecule has 0 aliphatic carbocycles. The van der Waals surface area contributed by atoms with Gasteiger partial charge in [0.25, 0.3) is 0 Å². The first-order chi connectivity index (χ1) is 10.1. The van der Waals surface area contributed by atoms with E-state index in [4.69, 9.17) is 21.9 Å². The minimum absolute atomic E-state index is 0.356. The van der Waals surface area contributed by atoms with Gasteiger partial charge in [-0.1, -0.05) is 44.8 Å². The van der Waals surface area contributed by atoms with E-state index >= 15 is 0 Å². The summed E-state index contributed by atoms with van der Waals surface area (Å²) in [5.74, 6) is 0.965. The minimum Gasteiger partial charge on any atom is -0.380 e. The van der Waals surface area contributed by atoms with Crippen LogP contribution in [0.4, 0.5) is 5.82 Å². The molecule has 0 unspecified atom stereocenters. The quantitative estimate of drug-likeness (QED) is 0.564. The van der Waals surface area contributed by atoms with Crippen molar-refractivity contribution in [3.8, 4) is 22.5 Å². The second kappa shape index (κ2) is 5.83. The van der Waals surface area contributed by atoms with Crippen LogP contribution in [0.1, 0.15) is 0 Å². The number of nitrogen functional groups attached to an aromatic ring is 1. The zero-order valence-corrected chi connectivity index (χ0v) is 14.5. The third kappa shape index (κ3) is 2.86. The van der Waals surface area contributed by atoms with Crippen LogP contribution in [0.3, 0.4) is 0 Å². The predicted molar refractivity (Wildman–Crippen MR) is 92.2 cm³/mol. The molecule has 1 aromatic heterocycles. The average Bonchev–Trinajstić information content (AvgIpc) is 2.82. The lowest BCUT2D eigenvalue weighted by molar-refractivity contribution is 0.436. The molecule has 0 atom stereocenters. The van der Waals surface area contributed by atoms with Crippen molar-refractivity contribution < 1.29 is 4.52 Å². The van der Waals surface area contributed by atoms with Crippen molar-refractivity contribution in [3.63, 3.8) is 0 Å². The molecule has 0 amide bonds. The zero-order valence-electron chi connectivity index (χ0n) is 10.6. The summed E-state index contributed by atoms with van der Waals surface area (Å²) in [7, 11) is 0. The van der Waals surface area contributed by atoms with Crippen molar-refractivity contribution in [2.24, 2.45) is 0 Å². The number of rotatable bonds is 2. The fourth-order valence-electron chi connectivity index (χ4n) is 2.06. The van der Waals surface area contributed by atoms with Gasteiger partial charge in [-0.2, -0.15) is 0 Å². The molecule has 1 heterocycles. The van der Waals surface area contributed by atoms with Gasteiger partial charge in [0.1, 0.15) is 0 Å². The van der Waals surface area contributed by atoms with Crippen molar-refractivity contribution in [2.45, 2.75) is 0 Å². The molecule has 6 heteroatoms. The number of anilines is 1. The number of nitrogens with zero attached hydrogens (tertiary/aromatic N) is 1. The van der Waals surface area contributed by atoms with Gasteiger partial charge in [-0.25, -0.2) is 0 Å². The van der Waals surface area contributed by atoms with Crippen LogP contribution in [0.5, 0.6) is 0 Å². The highest BCUT2D eigenvalue weighted by atomic mass is 79.9. The van der Waals surface area contributed by atoms with E-state index < -0.39 is 0 Å². The van der Waals surface area contributed by atoms with E-state index in [-0.39, 0.29) is 0 Å². The monoisotopic (exact) mass is 426 g/mol. The summed E-state index contributed by atoms with van der Waals surface area (Å²) in [6, 6.07) is 13.3. The van der Waals surface area contributed by atoms with Crippen LogP contribution in [0.15, 0.2) is 55.9 Å². The van der Waals surface area contributed by atoms with Gasteiger partial charge >= 0.3 is 0 Å². The van der Waals surface area contributed by atoms with Gasteiger partial charge in [0.05, 0.1) is 5.56 Å². The normalized spacial score (nSPS) is 10.8. The molecule has 3 rings (SSSR count). The third-order valence-electron chi connectivity index (χ3n) is 3.03. The summed E-state index contributed by atoms with van der Waals surface area (Å²) in [4.78, 5) is 0. The number of hydrogen-bond acceptors (Lipinski definition) is 3. The fraction of sp³-hybridized carbons (Fsp3) is 0. The van der Waals surface area contributed by atoms with Crippen LogP contribution in [0, 0.1) is 0 Å². The van der Waals surface area contributed by atoms with E-state index in [9.17, 15) is 0 Å². The van der Waals surface area contributed by atoms with Gasteiger partial charge in [-0.05, 0) is 51.8 Å². The van der Waals surface area contributed by atoms with Crippen molar-refractivity contribution in [3.05, 3.63) is 56.4 Å². The molecule has 0 aliphatic heterocycles. The highest BCUT2D eigenvalue weighted by Gasteiger charge is 2.19. The van der Waals surface area contributed by atoms with Gasteiger partial charge in [0.2, 0.25) is 0 Å². The van der Waals surface area contributed by atoms with Crippen molar-refractivity contribution in [1.29, 1.82) is 0 Å². The maximum atomic E-state index is 5.98. The Morgan fingerprint density at radius 1 is 1.05 bits per heavy atom. The van der Waals surface area contributed by atoms with Crippen molar-refractivity contribution >= 4 is 49.3 Å². The molecular formula is C15H9Br2ClN2O. The Kier molecular flexibility index (Phi) is 4.06. The fourth-order valence-corrected chi connectivity index (χ4v) is 3.18. The Morgan fingerprint density at radius 2 is 1.76 bits per heavy atom. The predicted octanol–water partition coefficient (Wildman–Crippen LogP) is 5.77. The molecule has 2 N–H and O–H groups in total. The molecule has 3 aromatic rings. The van der Waals surface area contributed by atoms with Crippen molar-refractivity contribution in [1.82, 2.24) is 5.16 Å². The largest absolute Gasteiger partial charge is 0.380 e. The summed E-state index contributed by atoms with van der Waals surface area (Å²) in [5.41, 5.74) is 8.53. The number of hydrogen-bond donors (Lipinski definition) is 1. The molecule has 0 radical (unpaired) electrons. The van der Waals surface area contributed by atoms with E-state index in [1.165, 1.54) is 0 Å². The molecule has 0 spiro atoms.